The van der Waals surface area contributed by atoms with E-state index >= 15 is 0 Å². The van der Waals surface area contributed by atoms with Gasteiger partial charge in [0, 0.05) is 17.3 Å². The van der Waals surface area contributed by atoms with Gasteiger partial charge in [-0.25, -0.2) is 0 Å². The van der Waals surface area contributed by atoms with Crippen LogP contribution in [0, 0.1) is 13.8 Å². The molecule has 2 aromatic rings. The summed E-state index contributed by atoms with van der Waals surface area (Å²) in [6.45, 7) is 10.1. The third-order valence-corrected chi connectivity index (χ3v) is 4.25. The van der Waals surface area contributed by atoms with Gasteiger partial charge in [-0.15, -0.1) is 0 Å². The summed E-state index contributed by atoms with van der Waals surface area (Å²) < 4.78 is 1.82. The van der Waals surface area contributed by atoms with Gasteiger partial charge in [-0.05, 0) is 56.9 Å². The predicted octanol–water partition coefficient (Wildman–Crippen LogP) is 3.66. The Balaban J connectivity index is 2.55. The summed E-state index contributed by atoms with van der Waals surface area (Å²) in [5.74, 6) is 0. The van der Waals surface area contributed by atoms with Crippen molar-refractivity contribution in [3.63, 3.8) is 0 Å². The maximum atomic E-state index is 12.9. The van der Waals surface area contributed by atoms with E-state index in [9.17, 15) is 4.79 Å². The quantitative estimate of drug-likeness (QED) is 0.936. The Morgan fingerprint density at radius 3 is 2.23 bits per heavy atom. The molecule has 0 saturated carbocycles. The first-order valence-electron chi connectivity index (χ1n) is 7.93. The summed E-state index contributed by atoms with van der Waals surface area (Å²) in [6.07, 6.45) is 0.999. The highest BCUT2D eigenvalue weighted by molar-refractivity contribution is 5.37. The van der Waals surface area contributed by atoms with Crippen molar-refractivity contribution in [2.45, 2.75) is 53.1 Å². The molecular formula is C19H26N2O. The van der Waals surface area contributed by atoms with Crippen LogP contribution < -0.4 is 11.3 Å². The van der Waals surface area contributed by atoms with Crippen molar-refractivity contribution >= 4 is 0 Å². The Hall–Kier alpha value is -1.87. The van der Waals surface area contributed by atoms with Crippen molar-refractivity contribution in [1.82, 2.24) is 4.57 Å². The van der Waals surface area contributed by atoms with Crippen LogP contribution in [0.15, 0.2) is 35.1 Å². The van der Waals surface area contributed by atoms with Gasteiger partial charge in [0.15, 0.2) is 0 Å². The highest BCUT2D eigenvalue weighted by atomic mass is 16.1. The molecule has 0 saturated heterocycles. The maximum Gasteiger partial charge on any atom is 0.256 e. The molecular weight excluding hydrogens is 272 g/mol. The highest BCUT2D eigenvalue weighted by Gasteiger charge is 2.19. The second kappa shape index (κ2) is 6.49. The molecule has 0 bridgehead atoms. The molecule has 1 unspecified atom stereocenters. The topological polar surface area (TPSA) is 48.0 Å². The summed E-state index contributed by atoms with van der Waals surface area (Å²) in [7, 11) is 0. The molecule has 0 spiro atoms. The first kappa shape index (κ1) is 16.5. The van der Waals surface area contributed by atoms with E-state index in [4.69, 9.17) is 5.73 Å². The fourth-order valence-corrected chi connectivity index (χ4v) is 3.07. The molecule has 1 aromatic heterocycles. The average Bonchev–Trinajstić information content (AvgIpc) is 2.46. The van der Waals surface area contributed by atoms with Crippen LogP contribution in [0.2, 0.25) is 0 Å². The molecule has 0 fully saturated rings. The molecule has 1 heterocycles. The van der Waals surface area contributed by atoms with E-state index < -0.39 is 0 Å². The molecule has 1 aromatic carbocycles. The van der Waals surface area contributed by atoms with Crippen molar-refractivity contribution in [3.05, 3.63) is 68.6 Å². The van der Waals surface area contributed by atoms with Crippen molar-refractivity contribution in [3.8, 4) is 0 Å². The van der Waals surface area contributed by atoms with E-state index in [-0.39, 0.29) is 17.6 Å². The number of hydrogen-bond acceptors (Lipinski definition) is 2. The largest absolute Gasteiger partial charge is 0.320 e. The summed E-state index contributed by atoms with van der Waals surface area (Å²) in [5, 5.41) is 0. The van der Waals surface area contributed by atoms with E-state index in [1.807, 2.05) is 44.4 Å². The monoisotopic (exact) mass is 298 g/mol. The zero-order valence-corrected chi connectivity index (χ0v) is 14.2. The van der Waals surface area contributed by atoms with Crippen LogP contribution in [-0.4, -0.2) is 4.57 Å². The number of aromatic nitrogens is 1. The van der Waals surface area contributed by atoms with Gasteiger partial charge in [0.25, 0.3) is 5.56 Å². The number of nitrogens with two attached hydrogens (primary N) is 1. The van der Waals surface area contributed by atoms with Crippen LogP contribution in [0.5, 0.6) is 0 Å². The fourth-order valence-electron chi connectivity index (χ4n) is 3.07. The standard InChI is InChI=1S/C19H26N2O/c1-6-15-7-9-16(10-8-15)18(20)17-13(4)11-14(5)21(12(2)3)19(17)22/h7-12,18H,6,20H2,1-5H3. The first-order valence-corrected chi connectivity index (χ1v) is 7.93. The third-order valence-electron chi connectivity index (χ3n) is 4.25. The molecule has 1 atom stereocenters. The lowest BCUT2D eigenvalue weighted by atomic mass is 9.95. The molecule has 22 heavy (non-hydrogen) atoms. The van der Waals surface area contributed by atoms with Crippen LogP contribution in [-0.2, 0) is 6.42 Å². The number of rotatable bonds is 4. The Labute approximate surface area is 132 Å². The third kappa shape index (κ3) is 3.00. The van der Waals surface area contributed by atoms with E-state index in [0.29, 0.717) is 5.56 Å². The minimum absolute atomic E-state index is 0.0274. The predicted molar refractivity (Wildman–Crippen MR) is 92.4 cm³/mol. The van der Waals surface area contributed by atoms with Crippen LogP contribution >= 0.6 is 0 Å². The molecule has 2 N–H and O–H groups in total. The Kier molecular flexibility index (Phi) is 4.87. The van der Waals surface area contributed by atoms with E-state index in [1.54, 1.807) is 0 Å². The normalized spacial score (nSPS) is 12.7. The molecule has 0 amide bonds. The number of aryl methyl sites for hydroxylation is 3. The molecule has 2 rings (SSSR count). The smallest absolute Gasteiger partial charge is 0.256 e. The molecule has 0 aliphatic heterocycles. The van der Waals surface area contributed by atoms with Gasteiger partial charge in [0.05, 0.1) is 6.04 Å². The minimum Gasteiger partial charge on any atom is -0.320 e. The second-order valence-corrected chi connectivity index (χ2v) is 6.22. The zero-order chi connectivity index (χ0) is 16.4. The lowest BCUT2D eigenvalue weighted by Crippen LogP contribution is -2.32. The molecule has 0 radical (unpaired) electrons. The van der Waals surface area contributed by atoms with Gasteiger partial charge >= 0.3 is 0 Å². The second-order valence-electron chi connectivity index (χ2n) is 6.22. The highest BCUT2D eigenvalue weighted by Crippen LogP contribution is 2.22. The van der Waals surface area contributed by atoms with Crippen molar-refractivity contribution < 1.29 is 0 Å². The first-order chi connectivity index (χ1) is 10.4. The van der Waals surface area contributed by atoms with Crippen LogP contribution in [0.4, 0.5) is 0 Å². The fraction of sp³-hybridized carbons (Fsp3) is 0.421. The number of pyridine rings is 1. The van der Waals surface area contributed by atoms with Crippen LogP contribution in [0.1, 0.15) is 60.8 Å². The molecule has 118 valence electrons. The maximum absolute atomic E-state index is 12.9. The number of benzene rings is 1. The number of nitrogens with zero attached hydrogens (tertiary/aromatic N) is 1. The van der Waals surface area contributed by atoms with Gasteiger partial charge in [0.2, 0.25) is 0 Å². The number of hydrogen-bond donors (Lipinski definition) is 1. The van der Waals surface area contributed by atoms with Gasteiger partial charge in [-0.2, -0.15) is 0 Å². The lowest BCUT2D eigenvalue weighted by Gasteiger charge is -2.21. The van der Waals surface area contributed by atoms with Crippen molar-refractivity contribution in [1.29, 1.82) is 0 Å². The van der Waals surface area contributed by atoms with Crippen molar-refractivity contribution in [2.75, 3.05) is 0 Å². The Morgan fingerprint density at radius 1 is 1.14 bits per heavy atom. The van der Waals surface area contributed by atoms with Gasteiger partial charge < -0.3 is 10.3 Å². The summed E-state index contributed by atoms with van der Waals surface area (Å²) >= 11 is 0. The average molecular weight is 298 g/mol. The van der Waals surface area contributed by atoms with Gasteiger partial charge in [-0.3, -0.25) is 4.79 Å². The summed E-state index contributed by atoms with van der Waals surface area (Å²) in [4.78, 5) is 12.9. The molecule has 3 nitrogen and oxygen atoms in total. The van der Waals surface area contributed by atoms with Crippen LogP contribution in [0.25, 0.3) is 0 Å². The van der Waals surface area contributed by atoms with E-state index in [0.717, 1.165) is 23.2 Å². The van der Waals surface area contributed by atoms with Crippen LogP contribution in [0.3, 0.4) is 0 Å². The van der Waals surface area contributed by atoms with E-state index in [2.05, 4.69) is 25.1 Å². The minimum atomic E-state index is -0.385. The van der Waals surface area contributed by atoms with Gasteiger partial charge in [-0.1, -0.05) is 31.2 Å². The zero-order valence-electron chi connectivity index (χ0n) is 14.2. The summed E-state index contributed by atoms with van der Waals surface area (Å²) in [6, 6.07) is 10.0. The molecule has 0 aliphatic carbocycles. The molecule has 3 heteroatoms. The van der Waals surface area contributed by atoms with E-state index in [1.165, 1.54) is 5.56 Å². The SMILES string of the molecule is CCc1ccc(C(N)c2c(C)cc(C)n(C(C)C)c2=O)cc1. The Bertz CT molecular complexity index is 711. The van der Waals surface area contributed by atoms with Crippen molar-refractivity contribution in [2.24, 2.45) is 5.73 Å². The molecule has 0 aliphatic rings. The summed E-state index contributed by atoms with van der Waals surface area (Å²) in [5.41, 5.74) is 11.3. The lowest BCUT2D eigenvalue weighted by molar-refractivity contribution is 0.553. The Morgan fingerprint density at radius 2 is 1.73 bits per heavy atom. The van der Waals surface area contributed by atoms with Gasteiger partial charge in [0.1, 0.15) is 0 Å².